The van der Waals surface area contributed by atoms with E-state index in [0.29, 0.717) is 5.11 Å². The van der Waals surface area contributed by atoms with E-state index in [0.717, 1.165) is 22.7 Å². The summed E-state index contributed by atoms with van der Waals surface area (Å²) in [7, 11) is 0. The van der Waals surface area contributed by atoms with Crippen LogP contribution in [0.2, 0.25) is 0 Å². The molecule has 1 aliphatic rings. The number of halogens is 1. The first-order valence-electron chi connectivity index (χ1n) is 7.71. The standard InChI is InChI=1S/C18H14FN3S3/c19-12-5-7-13(8-6-12)20-18(23)22-15(17-4-2-10-25-17)11-14(21-22)16-3-1-9-24-16/h1-10,15H,11H2,(H,20,23)/t15-/m0/s1. The van der Waals surface area contributed by atoms with Gasteiger partial charge in [-0.15, -0.1) is 22.7 Å². The van der Waals surface area contributed by atoms with E-state index in [4.69, 9.17) is 17.3 Å². The van der Waals surface area contributed by atoms with Crippen molar-refractivity contribution >= 4 is 51.4 Å². The molecule has 1 aromatic carbocycles. The predicted molar refractivity (Wildman–Crippen MR) is 107 cm³/mol. The highest BCUT2D eigenvalue weighted by molar-refractivity contribution is 7.80. The van der Waals surface area contributed by atoms with Crippen molar-refractivity contribution in [3.05, 3.63) is 74.9 Å². The molecule has 7 heteroatoms. The molecule has 0 radical (unpaired) electrons. The second-order valence-electron chi connectivity index (χ2n) is 5.54. The van der Waals surface area contributed by atoms with Gasteiger partial charge in [-0.25, -0.2) is 9.40 Å². The number of hydrogen-bond donors (Lipinski definition) is 1. The summed E-state index contributed by atoms with van der Waals surface area (Å²) >= 11 is 8.96. The molecule has 3 aromatic rings. The molecule has 1 aliphatic heterocycles. The Morgan fingerprint density at radius 2 is 1.88 bits per heavy atom. The lowest BCUT2D eigenvalue weighted by atomic mass is 10.1. The maximum absolute atomic E-state index is 13.1. The van der Waals surface area contributed by atoms with Crippen LogP contribution in [0.3, 0.4) is 0 Å². The fourth-order valence-electron chi connectivity index (χ4n) is 2.71. The molecule has 25 heavy (non-hydrogen) atoms. The number of thiophene rings is 2. The molecule has 0 unspecified atom stereocenters. The Bertz CT molecular complexity index is 886. The molecule has 126 valence electrons. The molecule has 0 amide bonds. The maximum atomic E-state index is 13.1. The van der Waals surface area contributed by atoms with Gasteiger partial charge in [-0.2, -0.15) is 5.10 Å². The summed E-state index contributed by atoms with van der Waals surface area (Å²) in [5.41, 5.74) is 1.78. The van der Waals surface area contributed by atoms with Gasteiger partial charge in [0, 0.05) is 17.0 Å². The van der Waals surface area contributed by atoms with Crippen molar-refractivity contribution in [3.63, 3.8) is 0 Å². The highest BCUT2D eigenvalue weighted by atomic mass is 32.1. The minimum Gasteiger partial charge on any atom is -0.331 e. The summed E-state index contributed by atoms with van der Waals surface area (Å²) in [4.78, 5) is 2.38. The smallest absolute Gasteiger partial charge is 0.194 e. The molecule has 0 bridgehead atoms. The van der Waals surface area contributed by atoms with Crippen molar-refractivity contribution in [1.29, 1.82) is 0 Å². The lowest BCUT2D eigenvalue weighted by molar-refractivity contribution is 0.380. The third kappa shape index (κ3) is 3.49. The van der Waals surface area contributed by atoms with Gasteiger partial charge in [-0.1, -0.05) is 12.1 Å². The zero-order valence-electron chi connectivity index (χ0n) is 13.1. The van der Waals surface area contributed by atoms with E-state index in [9.17, 15) is 4.39 Å². The van der Waals surface area contributed by atoms with Crippen LogP contribution in [0.25, 0.3) is 0 Å². The zero-order valence-corrected chi connectivity index (χ0v) is 15.5. The van der Waals surface area contributed by atoms with Crippen LogP contribution in [0.5, 0.6) is 0 Å². The molecule has 3 nitrogen and oxygen atoms in total. The van der Waals surface area contributed by atoms with Crippen molar-refractivity contribution in [1.82, 2.24) is 5.01 Å². The molecule has 3 heterocycles. The second kappa shape index (κ2) is 7.03. The van der Waals surface area contributed by atoms with Crippen molar-refractivity contribution in [2.75, 3.05) is 5.32 Å². The highest BCUT2D eigenvalue weighted by Gasteiger charge is 2.32. The number of nitrogens with one attached hydrogen (secondary N) is 1. The Morgan fingerprint density at radius 3 is 2.56 bits per heavy atom. The minimum atomic E-state index is -0.271. The predicted octanol–water partition coefficient (Wildman–Crippen LogP) is 5.50. The minimum absolute atomic E-state index is 0.0811. The molecular formula is C18H14FN3S3. The van der Waals surface area contributed by atoms with Crippen molar-refractivity contribution in [2.45, 2.75) is 12.5 Å². The van der Waals surface area contributed by atoms with Crippen LogP contribution in [0, 0.1) is 5.82 Å². The first-order chi connectivity index (χ1) is 12.2. The monoisotopic (exact) mass is 387 g/mol. The van der Waals surface area contributed by atoms with Crippen LogP contribution < -0.4 is 5.32 Å². The summed E-state index contributed by atoms with van der Waals surface area (Å²) in [6.45, 7) is 0. The number of hydrazone groups is 1. The Labute approximate surface area is 158 Å². The first-order valence-corrected chi connectivity index (χ1v) is 9.88. The Balaban J connectivity index is 1.60. The average Bonchev–Trinajstić information content (AvgIpc) is 3.36. The molecule has 1 N–H and O–H groups in total. The lowest BCUT2D eigenvalue weighted by Crippen LogP contribution is -2.30. The number of hydrogen-bond acceptors (Lipinski definition) is 4. The topological polar surface area (TPSA) is 27.6 Å². The van der Waals surface area contributed by atoms with Crippen LogP contribution in [0.4, 0.5) is 10.1 Å². The number of anilines is 1. The summed E-state index contributed by atoms with van der Waals surface area (Å²) in [5.74, 6) is -0.271. The largest absolute Gasteiger partial charge is 0.331 e. The average molecular weight is 388 g/mol. The van der Waals surface area contributed by atoms with Crippen LogP contribution in [-0.4, -0.2) is 15.8 Å². The van der Waals surface area contributed by atoms with Gasteiger partial charge in [0.15, 0.2) is 5.11 Å². The van der Waals surface area contributed by atoms with Gasteiger partial charge in [-0.05, 0) is 59.4 Å². The van der Waals surface area contributed by atoms with Gasteiger partial charge in [-0.3, -0.25) is 0 Å². The Morgan fingerprint density at radius 1 is 1.12 bits per heavy atom. The summed E-state index contributed by atoms with van der Waals surface area (Å²) in [6, 6.07) is 14.5. The second-order valence-corrected chi connectivity index (χ2v) is 7.85. The van der Waals surface area contributed by atoms with Crippen molar-refractivity contribution in [2.24, 2.45) is 5.10 Å². The van der Waals surface area contributed by atoms with Gasteiger partial charge in [0.25, 0.3) is 0 Å². The molecule has 0 saturated heterocycles. The SMILES string of the molecule is Fc1ccc(NC(=S)N2N=C(c3cccs3)C[C@H]2c2cccs2)cc1. The number of nitrogens with zero attached hydrogens (tertiary/aromatic N) is 2. The summed E-state index contributed by atoms with van der Waals surface area (Å²) in [6.07, 6.45) is 0.812. The van der Waals surface area contributed by atoms with Gasteiger partial charge < -0.3 is 5.32 Å². The molecule has 0 spiro atoms. The number of thiocarbonyl (C=S) groups is 1. The van der Waals surface area contributed by atoms with Gasteiger partial charge in [0.05, 0.1) is 16.6 Å². The summed E-state index contributed by atoms with van der Waals surface area (Å²) in [5, 5.41) is 14.4. The van der Waals surface area contributed by atoms with Crippen LogP contribution in [0.15, 0.2) is 64.4 Å². The third-order valence-corrected chi connectivity index (χ3v) is 6.07. The van der Waals surface area contributed by atoms with Gasteiger partial charge >= 0.3 is 0 Å². The Kier molecular flexibility index (Phi) is 4.61. The molecule has 1 atom stereocenters. The number of benzene rings is 1. The van der Waals surface area contributed by atoms with E-state index in [1.54, 1.807) is 34.8 Å². The number of rotatable bonds is 3. The molecule has 4 rings (SSSR count). The fraction of sp³-hybridized carbons (Fsp3) is 0.111. The third-order valence-electron chi connectivity index (χ3n) is 3.89. The van der Waals surface area contributed by atoms with Gasteiger partial charge in [0.1, 0.15) is 5.82 Å². The van der Waals surface area contributed by atoms with E-state index in [1.165, 1.54) is 17.0 Å². The van der Waals surface area contributed by atoms with Crippen molar-refractivity contribution < 1.29 is 4.39 Å². The normalized spacial score (nSPS) is 16.8. The lowest BCUT2D eigenvalue weighted by Gasteiger charge is -2.23. The van der Waals surface area contributed by atoms with Crippen LogP contribution in [-0.2, 0) is 0 Å². The van der Waals surface area contributed by atoms with Crippen molar-refractivity contribution in [3.8, 4) is 0 Å². The van der Waals surface area contributed by atoms with E-state index in [-0.39, 0.29) is 11.9 Å². The molecular weight excluding hydrogens is 373 g/mol. The fourth-order valence-corrected chi connectivity index (χ4v) is 4.52. The zero-order chi connectivity index (χ0) is 17.2. The summed E-state index contributed by atoms with van der Waals surface area (Å²) < 4.78 is 13.1. The molecule has 0 aliphatic carbocycles. The van der Waals surface area contributed by atoms with Gasteiger partial charge in [0.2, 0.25) is 0 Å². The van der Waals surface area contributed by atoms with E-state index in [2.05, 4.69) is 28.2 Å². The maximum Gasteiger partial charge on any atom is 0.194 e. The van der Waals surface area contributed by atoms with Crippen LogP contribution in [0.1, 0.15) is 22.2 Å². The molecule has 2 aromatic heterocycles. The molecule has 0 saturated carbocycles. The van der Waals surface area contributed by atoms with E-state index < -0.39 is 0 Å². The van der Waals surface area contributed by atoms with E-state index >= 15 is 0 Å². The van der Waals surface area contributed by atoms with Crippen LogP contribution >= 0.6 is 34.9 Å². The first kappa shape index (κ1) is 16.4. The van der Waals surface area contributed by atoms with E-state index in [1.807, 2.05) is 17.1 Å². The highest BCUT2D eigenvalue weighted by Crippen LogP contribution is 2.36. The quantitative estimate of drug-likeness (QED) is 0.602. The molecule has 0 fully saturated rings. The Hall–Kier alpha value is -2.09.